The molecule has 0 bridgehead atoms. The van der Waals surface area contributed by atoms with Crippen LogP contribution < -0.4 is 5.32 Å². The molecule has 1 aromatic carbocycles. The fourth-order valence-electron chi connectivity index (χ4n) is 4.00. The molecule has 6 heteroatoms. The molecule has 3 heterocycles. The average Bonchev–Trinajstić information content (AvgIpc) is 3.10. The van der Waals surface area contributed by atoms with Gasteiger partial charge in [-0.3, -0.25) is 9.67 Å². The van der Waals surface area contributed by atoms with Crippen LogP contribution in [0.15, 0.2) is 55.0 Å². The van der Waals surface area contributed by atoms with E-state index in [1.165, 1.54) is 6.07 Å². The first-order chi connectivity index (χ1) is 13.7. The number of hydrogen-bond acceptors (Lipinski definition) is 4. The van der Waals surface area contributed by atoms with Crippen molar-refractivity contribution in [1.82, 2.24) is 20.1 Å². The zero-order chi connectivity index (χ0) is 19.4. The normalized spacial score (nSPS) is 16.2. The van der Waals surface area contributed by atoms with E-state index in [4.69, 9.17) is 4.74 Å². The van der Waals surface area contributed by atoms with E-state index in [0.29, 0.717) is 19.8 Å². The Balaban J connectivity index is 1.52. The minimum absolute atomic E-state index is 0.114. The van der Waals surface area contributed by atoms with Gasteiger partial charge in [0, 0.05) is 68.5 Å². The third-order valence-electron chi connectivity index (χ3n) is 5.51. The monoisotopic (exact) mass is 380 g/mol. The van der Waals surface area contributed by atoms with Gasteiger partial charge < -0.3 is 10.1 Å². The fraction of sp³-hybridized carbons (Fsp3) is 0.364. The van der Waals surface area contributed by atoms with Gasteiger partial charge in [0.2, 0.25) is 0 Å². The lowest BCUT2D eigenvalue weighted by molar-refractivity contribution is 0.0497. The van der Waals surface area contributed by atoms with E-state index in [1.54, 1.807) is 18.3 Å². The van der Waals surface area contributed by atoms with Gasteiger partial charge in [-0.15, -0.1) is 0 Å². The molecule has 0 saturated carbocycles. The van der Waals surface area contributed by atoms with E-state index in [1.807, 2.05) is 42.3 Å². The molecule has 1 aliphatic rings. The van der Waals surface area contributed by atoms with E-state index in [2.05, 4.69) is 15.4 Å². The summed E-state index contributed by atoms with van der Waals surface area (Å²) in [6.07, 6.45) is 7.39. The molecule has 0 spiro atoms. The minimum atomic E-state index is -0.186. The number of ether oxygens (including phenoxy) is 1. The van der Waals surface area contributed by atoms with Crippen molar-refractivity contribution in [2.24, 2.45) is 7.05 Å². The Labute approximate surface area is 164 Å². The number of halogens is 1. The van der Waals surface area contributed by atoms with Crippen LogP contribution in [0.1, 0.15) is 24.0 Å². The highest BCUT2D eigenvalue weighted by Gasteiger charge is 2.34. The Morgan fingerprint density at radius 1 is 1.21 bits per heavy atom. The first kappa shape index (κ1) is 18.8. The number of nitrogens with one attached hydrogen (secondary N) is 1. The summed E-state index contributed by atoms with van der Waals surface area (Å²) in [6.45, 7) is 2.86. The van der Waals surface area contributed by atoms with Crippen molar-refractivity contribution < 1.29 is 9.13 Å². The maximum Gasteiger partial charge on any atom is 0.123 e. The van der Waals surface area contributed by atoms with Crippen molar-refractivity contribution in [3.05, 3.63) is 71.9 Å². The molecule has 0 amide bonds. The molecule has 3 aromatic rings. The van der Waals surface area contributed by atoms with Crippen molar-refractivity contribution in [1.29, 1.82) is 0 Å². The number of nitrogens with zero attached hydrogens (tertiary/aromatic N) is 3. The molecule has 2 aromatic heterocycles. The maximum atomic E-state index is 13.9. The summed E-state index contributed by atoms with van der Waals surface area (Å²) in [6, 6.07) is 10.9. The first-order valence-electron chi connectivity index (χ1n) is 9.64. The summed E-state index contributed by atoms with van der Waals surface area (Å²) in [5.74, 6) is -0.186. The third kappa shape index (κ3) is 3.98. The first-order valence-corrected chi connectivity index (χ1v) is 9.64. The van der Waals surface area contributed by atoms with Gasteiger partial charge in [0.15, 0.2) is 0 Å². The van der Waals surface area contributed by atoms with Crippen LogP contribution in [0.2, 0.25) is 0 Å². The third-order valence-corrected chi connectivity index (χ3v) is 5.51. The van der Waals surface area contributed by atoms with E-state index in [-0.39, 0.29) is 11.2 Å². The van der Waals surface area contributed by atoms with Gasteiger partial charge in [0.1, 0.15) is 5.82 Å². The van der Waals surface area contributed by atoms with Gasteiger partial charge in [-0.2, -0.15) is 5.10 Å². The lowest BCUT2D eigenvalue weighted by atomic mass is 9.74. The largest absolute Gasteiger partial charge is 0.381 e. The van der Waals surface area contributed by atoms with E-state index < -0.39 is 0 Å². The predicted molar refractivity (Wildman–Crippen MR) is 106 cm³/mol. The Morgan fingerprint density at radius 2 is 2.07 bits per heavy atom. The van der Waals surface area contributed by atoms with E-state index in [9.17, 15) is 4.39 Å². The second kappa shape index (κ2) is 8.20. The van der Waals surface area contributed by atoms with Crippen LogP contribution in [0.4, 0.5) is 4.39 Å². The average molecular weight is 380 g/mol. The van der Waals surface area contributed by atoms with Crippen molar-refractivity contribution in [2.45, 2.75) is 24.8 Å². The second-order valence-corrected chi connectivity index (χ2v) is 7.42. The van der Waals surface area contributed by atoms with Gasteiger partial charge in [-0.25, -0.2) is 4.39 Å². The molecule has 0 radical (unpaired) electrons. The molecule has 4 rings (SSSR count). The van der Waals surface area contributed by atoms with Gasteiger partial charge in [-0.1, -0.05) is 12.1 Å². The number of benzene rings is 1. The molecule has 5 nitrogen and oxygen atoms in total. The van der Waals surface area contributed by atoms with Gasteiger partial charge in [0.25, 0.3) is 0 Å². The van der Waals surface area contributed by atoms with E-state index >= 15 is 0 Å². The molecule has 0 aliphatic carbocycles. The predicted octanol–water partition coefficient (Wildman–Crippen LogP) is 3.46. The highest BCUT2D eigenvalue weighted by atomic mass is 19.1. The summed E-state index contributed by atoms with van der Waals surface area (Å²) in [5.41, 5.74) is 4.00. The van der Waals surface area contributed by atoms with Crippen LogP contribution in [-0.2, 0) is 23.7 Å². The summed E-state index contributed by atoms with van der Waals surface area (Å²) in [7, 11) is 1.93. The maximum absolute atomic E-state index is 13.9. The van der Waals surface area contributed by atoms with Crippen LogP contribution in [0.5, 0.6) is 0 Å². The molecule has 28 heavy (non-hydrogen) atoms. The molecule has 1 N–H and O–H groups in total. The zero-order valence-corrected chi connectivity index (χ0v) is 16.1. The quantitative estimate of drug-likeness (QED) is 0.712. The van der Waals surface area contributed by atoms with Crippen LogP contribution >= 0.6 is 0 Å². The molecule has 1 fully saturated rings. The van der Waals surface area contributed by atoms with Gasteiger partial charge >= 0.3 is 0 Å². The lowest BCUT2D eigenvalue weighted by Crippen LogP contribution is -2.42. The fourth-order valence-corrected chi connectivity index (χ4v) is 4.00. The Kier molecular flexibility index (Phi) is 5.50. The summed E-state index contributed by atoms with van der Waals surface area (Å²) >= 11 is 0. The Morgan fingerprint density at radius 3 is 2.82 bits per heavy atom. The molecule has 0 unspecified atom stereocenters. The van der Waals surface area contributed by atoms with Gasteiger partial charge in [-0.05, 0) is 42.7 Å². The Bertz CT molecular complexity index is 919. The topological polar surface area (TPSA) is 52.0 Å². The van der Waals surface area contributed by atoms with Crippen LogP contribution in [0.25, 0.3) is 11.3 Å². The second-order valence-electron chi connectivity index (χ2n) is 7.42. The number of aromatic nitrogens is 3. The van der Waals surface area contributed by atoms with E-state index in [0.717, 1.165) is 41.8 Å². The van der Waals surface area contributed by atoms with Crippen LogP contribution in [0, 0.1) is 5.82 Å². The molecule has 146 valence electrons. The molecule has 1 aliphatic heterocycles. The number of aryl methyl sites for hydroxylation is 1. The number of hydrogen-bond donors (Lipinski definition) is 1. The standard InChI is InChI=1S/C22H25FN4O/c1-27-15-18(21(26-27)17-4-3-9-24-13-17)14-25-16-22(7-10-28-11-8-22)19-5-2-6-20(23)12-19/h2-6,9,12-13,15,25H,7-8,10-11,14,16H2,1H3. The highest BCUT2D eigenvalue weighted by molar-refractivity contribution is 5.61. The molecule has 1 saturated heterocycles. The smallest absolute Gasteiger partial charge is 0.123 e. The summed E-state index contributed by atoms with van der Waals surface area (Å²) in [4.78, 5) is 4.21. The summed E-state index contributed by atoms with van der Waals surface area (Å²) < 4.78 is 21.3. The molecular formula is C22H25FN4O. The number of rotatable bonds is 6. The number of pyridine rings is 1. The van der Waals surface area contributed by atoms with Crippen LogP contribution in [0.3, 0.4) is 0 Å². The van der Waals surface area contributed by atoms with Crippen molar-refractivity contribution >= 4 is 0 Å². The zero-order valence-electron chi connectivity index (χ0n) is 16.1. The molecular weight excluding hydrogens is 355 g/mol. The van der Waals surface area contributed by atoms with Crippen molar-refractivity contribution in [3.63, 3.8) is 0 Å². The van der Waals surface area contributed by atoms with Crippen LogP contribution in [-0.4, -0.2) is 34.5 Å². The molecule has 0 atom stereocenters. The minimum Gasteiger partial charge on any atom is -0.381 e. The highest BCUT2D eigenvalue weighted by Crippen LogP contribution is 2.35. The SMILES string of the molecule is Cn1cc(CNCC2(c3cccc(F)c3)CCOCC2)c(-c2cccnc2)n1. The summed E-state index contributed by atoms with van der Waals surface area (Å²) in [5, 5.41) is 8.20. The van der Waals surface area contributed by atoms with Crippen molar-refractivity contribution in [2.75, 3.05) is 19.8 Å². The lowest BCUT2D eigenvalue weighted by Gasteiger charge is -2.38. The van der Waals surface area contributed by atoms with Crippen molar-refractivity contribution in [3.8, 4) is 11.3 Å². The van der Waals surface area contributed by atoms with Gasteiger partial charge in [0.05, 0.1) is 5.69 Å². The Hall–Kier alpha value is -2.57.